The summed E-state index contributed by atoms with van der Waals surface area (Å²) in [6.07, 6.45) is 9.43. The molecule has 0 amide bonds. The molecule has 0 bridgehead atoms. The van der Waals surface area contributed by atoms with Crippen LogP contribution in [0.4, 0.5) is 0 Å². The van der Waals surface area contributed by atoms with Gasteiger partial charge in [-0.05, 0) is 55.8 Å². The minimum absolute atomic E-state index is 0.644. The maximum absolute atomic E-state index is 10.8. The van der Waals surface area contributed by atoms with Gasteiger partial charge in [-0.15, -0.1) is 0 Å². The Hall–Kier alpha value is -0.550. The van der Waals surface area contributed by atoms with Gasteiger partial charge in [-0.2, -0.15) is 0 Å². The number of hydrogen-bond acceptors (Lipinski definition) is 1. The molecule has 0 radical (unpaired) electrons. The van der Waals surface area contributed by atoms with Crippen molar-refractivity contribution in [3.63, 3.8) is 0 Å². The quantitative estimate of drug-likeness (QED) is 0.591. The van der Waals surface area contributed by atoms with Crippen molar-refractivity contribution in [1.82, 2.24) is 0 Å². The van der Waals surface area contributed by atoms with E-state index in [4.69, 9.17) is 0 Å². The minimum Gasteiger partial charge on any atom is -0.234 e. The van der Waals surface area contributed by atoms with Gasteiger partial charge in [-0.1, -0.05) is 6.42 Å². The first kappa shape index (κ1) is 7.82. The highest BCUT2D eigenvalue weighted by molar-refractivity contribution is 5.56. The third-order valence-electron chi connectivity index (χ3n) is 4.35. The molecule has 0 atom stereocenters. The van der Waals surface area contributed by atoms with Gasteiger partial charge >= 0.3 is 0 Å². The standard InChI is InChI=1S/C12H16O/c13-8-11(9-2-3-9)10-6-12(7-10)4-1-5-12/h9-10H,1-7H2. The average Bonchev–Trinajstić information content (AvgIpc) is 2.73. The topological polar surface area (TPSA) is 17.1 Å². The SMILES string of the molecule is O=C=C(C1CC1)C1CC2(CCC2)C1. The van der Waals surface area contributed by atoms with E-state index in [1.165, 1.54) is 44.9 Å². The molecule has 3 rings (SSSR count). The van der Waals surface area contributed by atoms with Crippen LogP contribution in [0.15, 0.2) is 5.57 Å². The van der Waals surface area contributed by atoms with Gasteiger partial charge in [0.2, 0.25) is 0 Å². The summed E-state index contributed by atoms with van der Waals surface area (Å²) < 4.78 is 0. The van der Waals surface area contributed by atoms with Crippen molar-refractivity contribution in [3.8, 4) is 0 Å². The summed E-state index contributed by atoms with van der Waals surface area (Å²) in [7, 11) is 0. The van der Waals surface area contributed by atoms with Crippen LogP contribution < -0.4 is 0 Å². The molecule has 0 saturated heterocycles. The maximum atomic E-state index is 10.8. The molecule has 3 aliphatic carbocycles. The molecular weight excluding hydrogens is 160 g/mol. The lowest BCUT2D eigenvalue weighted by Crippen LogP contribution is -2.43. The van der Waals surface area contributed by atoms with E-state index in [9.17, 15) is 4.79 Å². The lowest BCUT2D eigenvalue weighted by Gasteiger charge is -2.54. The Bertz CT molecular complexity index is 269. The van der Waals surface area contributed by atoms with Crippen LogP contribution in [0, 0.1) is 17.3 Å². The van der Waals surface area contributed by atoms with Gasteiger partial charge in [-0.25, -0.2) is 4.79 Å². The molecule has 0 aromatic carbocycles. The molecule has 1 heteroatoms. The highest BCUT2D eigenvalue weighted by Gasteiger charge is 2.51. The number of allylic oxidation sites excluding steroid dienone is 1. The van der Waals surface area contributed by atoms with E-state index in [0.717, 1.165) is 5.57 Å². The molecule has 3 aliphatic rings. The van der Waals surface area contributed by atoms with Gasteiger partial charge in [0.25, 0.3) is 0 Å². The van der Waals surface area contributed by atoms with Gasteiger partial charge in [-0.3, -0.25) is 0 Å². The Morgan fingerprint density at radius 2 is 1.85 bits per heavy atom. The Morgan fingerprint density at radius 3 is 2.23 bits per heavy atom. The molecular formula is C12H16O. The average molecular weight is 176 g/mol. The van der Waals surface area contributed by atoms with Crippen LogP contribution in [0.3, 0.4) is 0 Å². The fourth-order valence-electron chi connectivity index (χ4n) is 3.18. The fourth-order valence-corrected chi connectivity index (χ4v) is 3.18. The Balaban J connectivity index is 1.65. The van der Waals surface area contributed by atoms with E-state index < -0.39 is 0 Å². The van der Waals surface area contributed by atoms with Gasteiger partial charge < -0.3 is 0 Å². The molecule has 1 nitrogen and oxygen atoms in total. The van der Waals surface area contributed by atoms with Gasteiger partial charge in [0, 0.05) is 5.57 Å². The maximum Gasteiger partial charge on any atom is 0.124 e. The van der Waals surface area contributed by atoms with Crippen molar-refractivity contribution < 1.29 is 4.79 Å². The van der Waals surface area contributed by atoms with E-state index in [2.05, 4.69) is 5.94 Å². The van der Waals surface area contributed by atoms with Crippen molar-refractivity contribution in [1.29, 1.82) is 0 Å². The van der Waals surface area contributed by atoms with Crippen LogP contribution >= 0.6 is 0 Å². The van der Waals surface area contributed by atoms with E-state index in [0.29, 0.717) is 17.3 Å². The van der Waals surface area contributed by atoms with Crippen molar-refractivity contribution in [3.05, 3.63) is 5.57 Å². The summed E-state index contributed by atoms with van der Waals surface area (Å²) in [6.45, 7) is 0. The van der Waals surface area contributed by atoms with Crippen LogP contribution in [-0.2, 0) is 4.79 Å². The minimum atomic E-state index is 0.644. The summed E-state index contributed by atoms with van der Waals surface area (Å²) in [5, 5.41) is 0. The zero-order valence-corrected chi connectivity index (χ0v) is 8.01. The first-order valence-corrected chi connectivity index (χ1v) is 5.58. The second-order valence-electron chi connectivity index (χ2n) is 5.29. The number of carbonyl (C=O) groups excluding carboxylic acids is 1. The van der Waals surface area contributed by atoms with E-state index in [1.807, 2.05) is 0 Å². The molecule has 13 heavy (non-hydrogen) atoms. The van der Waals surface area contributed by atoms with Crippen LogP contribution in [0.2, 0.25) is 0 Å². The lowest BCUT2D eigenvalue weighted by molar-refractivity contribution is -0.0100. The summed E-state index contributed by atoms with van der Waals surface area (Å²) in [5.74, 6) is 3.52. The highest BCUT2D eigenvalue weighted by atomic mass is 16.1. The van der Waals surface area contributed by atoms with E-state index >= 15 is 0 Å². The van der Waals surface area contributed by atoms with E-state index in [-0.39, 0.29) is 0 Å². The molecule has 1 spiro atoms. The zero-order valence-electron chi connectivity index (χ0n) is 8.01. The lowest BCUT2D eigenvalue weighted by atomic mass is 9.50. The third kappa shape index (κ3) is 1.10. The number of rotatable bonds is 2. The highest BCUT2D eigenvalue weighted by Crippen LogP contribution is 2.62. The molecule has 0 N–H and O–H groups in total. The van der Waals surface area contributed by atoms with Gasteiger partial charge in [0.15, 0.2) is 0 Å². The second kappa shape index (κ2) is 2.48. The molecule has 0 heterocycles. The van der Waals surface area contributed by atoms with Gasteiger partial charge in [0.05, 0.1) is 0 Å². The van der Waals surface area contributed by atoms with Crippen molar-refractivity contribution in [2.24, 2.45) is 17.3 Å². The Labute approximate surface area is 79.2 Å². The van der Waals surface area contributed by atoms with Crippen LogP contribution in [0.1, 0.15) is 44.9 Å². The zero-order chi connectivity index (χ0) is 8.89. The van der Waals surface area contributed by atoms with Crippen LogP contribution in [0.5, 0.6) is 0 Å². The summed E-state index contributed by atoms with van der Waals surface area (Å²) in [5.41, 5.74) is 1.86. The first-order valence-electron chi connectivity index (χ1n) is 5.58. The molecule has 0 aromatic rings. The second-order valence-corrected chi connectivity index (χ2v) is 5.29. The van der Waals surface area contributed by atoms with Gasteiger partial charge in [0.1, 0.15) is 5.94 Å². The molecule has 0 aromatic heterocycles. The normalized spacial score (nSPS) is 30.5. The van der Waals surface area contributed by atoms with Crippen molar-refractivity contribution in [2.75, 3.05) is 0 Å². The van der Waals surface area contributed by atoms with Crippen molar-refractivity contribution >= 4 is 5.94 Å². The number of hydrogen-bond donors (Lipinski definition) is 0. The molecule has 3 saturated carbocycles. The van der Waals surface area contributed by atoms with Crippen LogP contribution in [-0.4, -0.2) is 5.94 Å². The smallest absolute Gasteiger partial charge is 0.124 e. The predicted octanol–water partition coefficient (Wildman–Crippen LogP) is 2.73. The summed E-state index contributed by atoms with van der Waals surface area (Å²) in [6, 6.07) is 0. The molecule has 3 fully saturated rings. The Morgan fingerprint density at radius 1 is 1.15 bits per heavy atom. The first-order chi connectivity index (χ1) is 6.33. The predicted molar refractivity (Wildman–Crippen MR) is 50.9 cm³/mol. The molecule has 0 aliphatic heterocycles. The summed E-state index contributed by atoms with van der Waals surface area (Å²) >= 11 is 0. The van der Waals surface area contributed by atoms with Crippen LogP contribution in [0.25, 0.3) is 0 Å². The molecule has 0 unspecified atom stereocenters. The Kier molecular flexibility index (Phi) is 1.49. The monoisotopic (exact) mass is 176 g/mol. The third-order valence-corrected chi connectivity index (χ3v) is 4.35. The largest absolute Gasteiger partial charge is 0.234 e. The van der Waals surface area contributed by atoms with Crippen molar-refractivity contribution in [2.45, 2.75) is 44.9 Å². The fraction of sp³-hybridized carbons (Fsp3) is 0.833. The summed E-state index contributed by atoms with van der Waals surface area (Å²) in [4.78, 5) is 10.8. The molecule has 70 valence electrons. The van der Waals surface area contributed by atoms with E-state index in [1.54, 1.807) is 0 Å².